The van der Waals surface area contributed by atoms with Gasteiger partial charge in [-0.2, -0.15) is 0 Å². The van der Waals surface area contributed by atoms with Crippen LogP contribution in [-0.2, 0) is 0 Å². The summed E-state index contributed by atoms with van der Waals surface area (Å²) in [4.78, 5) is 0. The second kappa shape index (κ2) is 20.5. The van der Waals surface area contributed by atoms with E-state index in [1.165, 1.54) is 0 Å². The van der Waals surface area contributed by atoms with E-state index in [0.29, 0.717) is 0 Å². The van der Waals surface area contributed by atoms with Crippen LogP contribution < -0.4 is 0 Å². The Balaban J connectivity index is 0. The van der Waals surface area contributed by atoms with Gasteiger partial charge in [0.1, 0.15) is 0 Å². The van der Waals surface area contributed by atoms with Crippen LogP contribution in [0.5, 0.6) is 0 Å². The Morgan fingerprint density at radius 1 is 2.17 bits per heavy atom. The highest BCUT2D eigenvalue weighted by Crippen LogP contribution is 1.30. The molecule has 0 saturated carbocycles. The molecule has 0 fully saturated rings. The molecule has 6 heavy (non-hydrogen) atoms. The monoisotopic (exact) mass is 98.1 g/mol. The Kier molecular flexibility index (Phi) is 4.98. The highest BCUT2D eigenvalue weighted by atomic mass is 16.3. The Hall–Kier alpha value is -0.0800. The molecule has 0 atom stereocenters. The van der Waals surface area contributed by atoms with Crippen molar-refractivity contribution in [3.63, 3.8) is 0 Å². The molecule has 0 aromatic carbocycles. The maximum absolute atomic E-state index is 7.57. The number of hydrogen-bond donors (Lipinski definition) is 2. The largest absolute Gasteiger partial charge is 0.397 e. The molecule has 2 heteroatoms. The smallest absolute Gasteiger partial charge is 0.210 e. The summed E-state index contributed by atoms with van der Waals surface area (Å²) in [6.45, 7) is -3.80. The van der Waals surface area contributed by atoms with Crippen LogP contribution in [-0.4, -0.2) is 24.8 Å². The SMILES string of the molecule is CCO.[2H]OC([2H])([2H])C([2H])([2H])[2H]. The van der Waals surface area contributed by atoms with Crippen LogP contribution in [0.4, 0.5) is 0 Å². The normalized spacial score (nSPS) is 25.0. The predicted octanol–water partition coefficient (Wildman–Crippen LogP) is -0.00280. The maximum Gasteiger partial charge on any atom is 0.210 e. The van der Waals surface area contributed by atoms with Gasteiger partial charge < -0.3 is 10.2 Å². The molecule has 0 radical (unpaired) electrons. The highest BCUT2D eigenvalue weighted by Gasteiger charge is 1.34. The molecule has 0 amide bonds. The molecule has 2 N–H and O–H groups in total. The van der Waals surface area contributed by atoms with Crippen LogP contribution in [0.2, 0.25) is 0 Å². The molecule has 0 unspecified atom stereocenters. The molecule has 0 heterocycles. The Labute approximate surface area is 46.9 Å². The van der Waals surface area contributed by atoms with Gasteiger partial charge in [0.05, 0.1) is 2.74 Å². The fourth-order valence-corrected chi connectivity index (χ4v) is 0. The Morgan fingerprint density at radius 3 is 2.67 bits per heavy atom. The van der Waals surface area contributed by atoms with Crippen molar-refractivity contribution in [2.75, 3.05) is 13.2 Å². The van der Waals surface area contributed by atoms with Gasteiger partial charge in [0, 0.05) is 17.3 Å². The molecule has 0 aliphatic rings. The van der Waals surface area contributed by atoms with Gasteiger partial charge in [0.15, 0.2) is 0 Å². The molecule has 0 saturated heterocycles. The maximum atomic E-state index is 7.57. The third kappa shape index (κ3) is 5220. The minimum Gasteiger partial charge on any atom is -0.397 e. The van der Waals surface area contributed by atoms with Crippen molar-refractivity contribution in [1.29, 1.82) is 1.43 Å². The lowest BCUT2D eigenvalue weighted by Gasteiger charge is -1.52. The number of aliphatic hydroxyl groups excluding tert-OH is 1. The molecule has 2 nitrogen and oxygen atoms in total. The third-order valence-corrected chi connectivity index (χ3v) is 0. The van der Waals surface area contributed by atoms with Crippen LogP contribution in [0, 0.1) is 0 Å². The van der Waals surface area contributed by atoms with Gasteiger partial charge in [-0.05, 0) is 13.8 Å². The van der Waals surface area contributed by atoms with Crippen molar-refractivity contribution in [2.45, 2.75) is 13.8 Å². The minimum absolute atomic E-state index is 0.250. The van der Waals surface area contributed by atoms with Gasteiger partial charge >= 0.3 is 0 Å². The lowest BCUT2D eigenvalue weighted by atomic mass is 10.9. The van der Waals surface area contributed by atoms with E-state index in [1.807, 2.05) is 0 Å². The molecule has 0 rings (SSSR count). The lowest BCUT2D eigenvalue weighted by molar-refractivity contribution is 0.318. The Morgan fingerprint density at radius 2 is 2.67 bits per heavy atom. The number of hydrogen-bond acceptors (Lipinski definition) is 2. The first-order chi connectivity index (χ1) is 5.22. The van der Waals surface area contributed by atoms with E-state index in [1.54, 1.807) is 6.92 Å². The predicted molar refractivity (Wildman–Crippen MR) is 25.5 cm³/mol. The summed E-state index contributed by atoms with van der Waals surface area (Å²) >= 11 is 0. The Bertz CT molecular complexity index is 111. The zero-order chi connectivity index (χ0) is 10.4. The molecule has 0 aliphatic carbocycles. The highest BCUT2D eigenvalue weighted by molar-refractivity contribution is 3.84. The summed E-state index contributed by atoms with van der Waals surface area (Å²) in [5.41, 5.74) is 0. The van der Waals surface area contributed by atoms with Crippen LogP contribution in [0.25, 0.3) is 0 Å². The molecule has 0 bridgehead atoms. The minimum atomic E-state index is -2.88. The van der Waals surface area contributed by atoms with Gasteiger partial charge in [-0.15, -0.1) is 0 Å². The lowest BCUT2D eigenvalue weighted by Crippen LogP contribution is -1.57. The van der Waals surface area contributed by atoms with Gasteiger partial charge in [-0.3, -0.25) is 0 Å². The first kappa shape index (κ1) is 1.46. The number of aliphatic hydroxyl groups is 2. The van der Waals surface area contributed by atoms with Crippen molar-refractivity contribution in [3.8, 4) is 0 Å². The van der Waals surface area contributed by atoms with E-state index in [4.69, 9.17) is 13.4 Å². The zero-order valence-corrected chi connectivity index (χ0v) is 3.56. The van der Waals surface area contributed by atoms with Crippen molar-refractivity contribution < 1.29 is 17.1 Å². The van der Waals surface area contributed by atoms with Gasteiger partial charge in [-0.25, -0.2) is 0 Å². The van der Waals surface area contributed by atoms with E-state index in [-0.39, 0.29) is 6.61 Å². The van der Waals surface area contributed by atoms with Crippen LogP contribution in [0.15, 0.2) is 0 Å². The van der Waals surface area contributed by atoms with Crippen molar-refractivity contribution in [3.05, 3.63) is 0 Å². The molecule has 0 aliphatic heterocycles. The van der Waals surface area contributed by atoms with E-state index in [9.17, 15) is 0 Å². The molecular formula is C4H12O2. The fourth-order valence-electron chi connectivity index (χ4n) is 0. The van der Waals surface area contributed by atoms with Gasteiger partial charge in [-0.1, -0.05) is 0 Å². The summed E-state index contributed by atoms with van der Waals surface area (Å²) < 4.78 is 38.4. The standard InChI is InChI=1S/2C2H6O/c2*1-2-3/h2*3H,2H2,1H3/i1D3,2D2,3D;. The molecule has 40 valence electrons. The van der Waals surface area contributed by atoms with Crippen LogP contribution >= 0.6 is 0 Å². The van der Waals surface area contributed by atoms with E-state index < -0.39 is 13.4 Å². The first-order valence-corrected chi connectivity index (χ1v) is 1.48. The second-order valence-electron chi connectivity index (χ2n) is 0.418. The third-order valence-electron chi connectivity index (χ3n) is 0. The summed E-state index contributed by atoms with van der Waals surface area (Å²) in [5.74, 6) is 0. The quantitative estimate of drug-likeness (QED) is 0.484. The van der Waals surface area contributed by atoms with Gasteiger partial charge in [0.2, 0.25) is 1.43 Å². The second-order valence-corrected chi connectivity index (χ2v) is 0.418. The summed E-state index contributed by atoms with van der Waals surface area (Å²) in [7, 11) is 0. The summed E-state index contributed by atoms with van der Waals surface area (Å²) in [5, 5.41) is 10.9. The molecular weight excluding hydrogens is 80.0 g/mol. The van der Waals surface area contributed by atoms with Crippen LogP contribution in [0.1, 0.15) is 20.6 Å². The fraction of sp³-hybridized carbons (Fsp3) is 1.00. The molecule has 0 aromatic rings. The van der Waals surface area contributed by atoms with Gasteiger partial charge in [0.25, 0.3) is 0 Å². The first-order valence-electron chi connectivity index (χ1n) is 4.39. The summed E-state index contributed by atoms with van der Waals surface area (Å²) in [6, 6.07) is 0. The molecule has 0 aromatic heterocycles. The van der Waals surface area contributed by atoms with E-state index in [0.717, 1.165) is 0 Å². The average molecular weight is 98.2 g/mol. The van der Waals surface area contributed by atoms with Crippen molar-refractivity contribution >= 4 is 0 Å². The average Bonchev–Trinajstić information content (AvgIpc) is 1.87. The van der Waals surface area contributed by atoms with Crippen LogP contribution in [0.3, 0.4) is 0 Å². The molecule has 0 spiro atoms. The summed E-state index contributed by atoms with van der Waals surface area (Å²) in [6.07, 6.45) is 0. The van der Waals surface area contributed by atoms with Crippen molar-refractivity contribution in [2.24, 2.45) is 0 Å². The zero-order valence-electron chi connectivity index (χ0n) is 9.56. The topological polar surface area (TPSA) is 40.5 Å². The van der Waals surface area contributed by atoms with E-state index in [2.05, 4.69) is 5.11 Å². The van der Waals surface area contributed by atoms with Crippen molar-refractivity contribution in [1.82, 2.24) is 0 Å². The number of rotatable bonds is 1. The van der Waals surface area contributed by atoms with E-state index >= 15 is 0 Å².